The van der Waals surface area contributed by atoms with Gasteiger partial charge in [-0.15, -0.1) is 0 Å². The third-order valence-corrected chi connectivity index (χ3v) is 3.87. The molecule has 0 aromatic carbocycles. The molecule has 0 atom stereocenters. The van der Waals surface area contributed by atoms with E-state index in [1.807, 2.05) is 5.38 Å². The first-order valence-corrected chi connectivity index (χ1v) is 9.84. The van der Waals surface area contributed by atoms with Crippen LogP contribution in [0.5, 0.6) is 0 Å². The van der Waals surface area contributed by atoms with Crippen molar-refractivity contribution in [1.29, 1.82) is 0 Å². The zero-order valence-electron chi connectivity index (χ0n) is 15.7. The van der Waals surface area contributed by atoms with Gasteiger partial charge in [0.15, 0.2) is 0 Å². The molecule has 0 unspecified atom stereocenters. The molecule has 0 radical (unpaired) electrons. The minimum absolute atomic E-state index is 0.553. The molecule has 1 aromatic heterocycles. The average molecular weight is 393 g/mol. The Bertz CT molecular complexity index is 376. The molecule has 0 aliphatic carbocycles. The van der Waals surface area contributed by atoms with Crippen LogP contribution in [0.15, 0.2) is 16.8 Å². The lowest BCUT2D eigenvalue weighted by Crippen LogP contribution is -2.14. The fourth-order valence-electron chi connectivity index (χ4n) is 1.81. The maximum Gasteiger partial charge on any atom is 0.0726 e. The molecule has 26 heavy (non-hydrogen) atoms. The highest BCUT2D eigenvalue weighted by Crippen LogP contribution is 2.06. The molecular weight excluding hydrogens is 360 g/mol. The van der Waals surface area contributed by atoms with Gasteiger partial charge in [0.2, 0.25) is 0 Å². The smallest absolute Gasteiger partial charge is 0.0726 e. The molecule has 1 rings (SSSR count). The Hall–Kier alpha value is -0.580. The summed E-state index contributed by atoms with van der Waals surface area (Å²) in [5.41, 5.74) is 1.21. The van der Waals surface area contributed by atoms with Crippen molar-refractivity contribution in [3.63, 3.8) is 0 Å². The maximum absolute atomic E-state index is 5.50. The molecule has 7 nitrogen and oxygen atoms in total. The Morgan fingerprint density at radius 2 is 1.04 bits per heavy atom. The number of hydrogen-bond donors (Lipinski definition) is 0. The van der Waals surface area contributed by atoms with Gasteiger partial charge in [0.25, 0.3) is 0 Å². The normalized spacial score (nSPS) is 11.3. The van der Waals surface area contributed by atoms with E-state index in [0.717, 1.165) is 0 Å². The summed E-state index contributed by atoms with van der Waals surface area (Å²) < 4.78 is 37.3. The van der Waals surface area contributed by atoms with Gasteiger partial charge in [-0.05, 0) is 22.4 Å². The van der Waals surface area contributed by atoms with Crippen molar-refractivity contribution in [3.05, 3.63) is 22.4 Å². The molecular formula is C18H32O7S. The second-order valence-electron chi connectivity index (χ2n) is 5.24. The summed E-state index contributed by atoms with van der Waals surface area (Å²) in [6.07, 6.45) is 0. The van der Waals surface area contributed by atoms with Crippen molar-refractivity contribution in [2.45, 2.75) is 6.61 Å². The van der Waals surface area contributed by atoms with Gasteiger partial charge in [-0.25, -0.2) is 0 Å². The van der Waals surface area contributed by atoms with Gasteiger partial charge < -0.3 is 33.2 Å². The molecule has 1 aromatic rings. The Morgan fingerprint density at radius 3 is 1.42 bits per heavy atom. The average Bonchev–Trinajstić information content (AvgIpc) is 3.17. The molecule has 0 aliphatic rings. The second kappa shape index (κ2) is 19.2. The van der Waals surface area contributed by atoms with E-state index in [2.05, 4.69) is 11.4 Å². The summed E-state index contributed by atoms with van der Waals surface area (Å²) in [5, 5.41) is 4.13. The molecule has 0 saturated carbocycles. The first-order chi connectivity index (χ1) is 12.9. The fourth-order valence-corrected chi connectivity index (χ4v) is 2.46. The van der Waals surface area contributed by atoms with Crippen molar-refractivity contribution in [1.82, 2.24) is 0 Å². The van der Waals surface area contributed by atoms with Crippen LogP contribution < -0.4 is 0 Å². The lowest BCUT2D eigenvalue weighted by atomic mass is 10.4. The standard InChI is InChI=1S/C18H32O7S/c1-19-3-4-20-5-6-21-7-8-22-9-10-23-11-12-24-13-14-25-16-18-2-15-26-17-18/h2,15,17H,3-14,16H2,1H3. The number of methoxy groups -OCH3 is 1. The monoisotopic (exact) mass is 392 g/mol. The molecule has 1 heterocycles. The maximum atomic E-state index is 5.50. The topological polar surface area (TPSA) is 64.6 Å². The molecule has 0 spiro atoms. The Balaban J connectivity index is 1.65. The van der Waals surface area contributed by atoms with Crippen LogP contribution in [-0.4, -0.2) is 86.4 Å². The summed E-state index contributed by atoms with van der Waals surface area (Å²) >= 11 is 1.68. The third kappa shape index (κ3) is 15.7. The molecule has 0 N–H and O–H groups in total. The van der Waals surface area contributed by atoms with E-state index in [1.54, 1.807) is 18.4 Å². The first kappa shape index (κ1) is 23.5. The van der Waals surface area contributed by atoms with Crippen LogP contribution in [0.25, 0.3) is 0 Å². The van der Waals surface area contributed by atoms with E-state index in [4.69, 9.17) is 33.2 Å². The van der Waals surface area contributed by atoms with Gasteiger partial charge in [0, 0.05) is 7.11 Å². The molecule has 152 valence electrons. The lowest BCUT2D eigenvalue weighted by molar-refractivity contribution is -0.0198. The van der Waals surface area contributed by atoms with Crippen LogP contribution in [0.2, 0.25) is 0 Å². The Kier molecular flexibility index (Phi) is 17.3. The molecule has 0 fully saturated rings. The van der Waals surface area contributed by atoms with Crippen LogP contribution in [0.4, 0.5) is 0 Å². The van der Waals surface area contributed by atoms with Crippen LogP contribution in [-0.2, 0) is 39.8 Å². The minimum atomic E-state index is 0.553. The highest BCUT2D eigenvalue weighted by molar-refractivity contribution is 7.07. The third-order valence-electron chi connectivity index (χ3n) is 3.14. The van der Waals surface area contributed by atoms with E-state index in [-0.39, 0.29) is 0 Å². The van der Waals surface area contributed by atoms with Crippen molar-refractivity contribution in [3.8, 4) is 0 Å². The molecule has 8 heteroatoms. The predicted octanol–water partition coefficient (Wildman–Crippen LogP) is 1.99. The summed E-state index contributed by atoms with van der Waals surface area (Å²) in [7, 11) is 1.65. The van der Waals surface area contributed by atoms with Gasteiger partial charge in [0.05, 0.1) is 85.9 Å². The summed E-state index contributed by atoms with van der Waals surface area (Å²) in [4.78, 5) is 0. The predicted molar refractivity (Wildman–Crippen MR) is 99.9 cm³/mol. The van der Waals surface area contributed by atoms with Crippen molar-refractivity contribution >= 4 is 11.3 Å². The summed E-state index contributed by atoms with van der Waals surface area (Å²) in [6.45, 7) is 7.51. The van der Waals surface area contributed by atoms with E-state index < -0.39 is 0 Å². The van der Waals surface area contributed by atoms with Gasteiger partial charge >= 0.3 is 0 Å². The number of rotatable bonds is 20. The fraction of sp³-hybridized carbons (Fsp3) is 0.778. The van der Waals surface area contributed by atoms with Gasteiger partial charge in [0.1, 0.15) is 0 Å². The van der Waals surface area contributed by atoms with Crippen molar-refractivity contribution in [2.75, 3.05) is 86.4 Å². The molecule has 0 aliphatic heterocycles. The summed E-state index contributed by atoms with van der Waals surface area (Å²) in [5.74, 6) is 0. The zero-order chi connectivity index (χ0) is 18.5. The van der Waals surface area contributed by atoms with Crippen LogP contribution in [0.1, 0.15) is 5.56 Å². The van der Waals surface area contributed by atoms with Crippen molar-refractivity contribution in [2.24, 2.45) is 0 Å². The quantitative estimate of drug-likeness (QED) is 0.315. The Labute approximate surface area is 160 Å². The van der Waals surface area contributed by atoms with Gasteiger partial charge in [-0.2, -0.15) is 11.3 Å². The zero-order valence-corrected chi connectivity index (χ0v) is 16.5. The molecule has 0 saturated heterocycles. The van der Waals surface area contributed by atoms with Crippen LogP contribution in [0.3, 0.4) is 0 Å². The van der Waals surface area contributed by atoms with E-state index in [9.17, 15) is 0 Å². The van der Waals surface area contributed by atoms with Crippen LogP contribution in [0, 0.1) is 0 Å². The van der Waals surface area contributed by atoms with E-state index >= 15 is 0 Å². The van der Waals surface area contributed by atoms with Gasteiger partial charge in [-0.1, -0.05) is 0 Å². The second-order valence-corrected chi connectivity index (χ2v) is 6.02. The van der Waals surface area contributed by atoms with E-state index in [1.165, 1.54) is 5.56 Å². The minimum Gasteiger partial charge on any atom is -0.382 e. The first-order valence-electron chi connectivity index (χ1n) is 8.90. The van der Waals surface area contributed by atoms with Gasteiger partial charge in [-0.3, -0.25) is 0 Å². The Morgan fingerprint density at radius 1 is 0.615 bits per heavy atom. The number of ether oxygens (including phenoxy) is 7. The molecule has 0 bridgehead atoms. The largest absolute Gasteiger partial charge is 0.382 e. The van der Waals surface area contributed by atoms with Crippen LogP contribution >= 0.6 is 11.3 Å². The highest BCUT2D eigenvalue weighted by atomic mass is 32.1. The highest BCUT2D eigenvalue weighted by Gasteiger charge is 1.95. The SMILES string of the molecule is COCCOCCOCCOCCOCCOCCOCc1ccsc1. The summed E-state index contributed by atoms with van der Waals surface area (Å²) in [6, 6.07) is 2.06. The van der Waals surface area contributed by atoms with Crippen molar-refractivity contribution < 1.29 is 33.2 Å². The molecule has 0 amide bonds. The number of thiophene rings is 1. The lowest BCUT2D eigenvalue weighted by Gasteiger charge is -2.08. The van der Waals surface area contributed by atoms with E-state index in [0.29, 0.717) is 85.9 Å². The number of hydrogen-bond acceptors (Lipinski definition) is 8.